The number of carbonyl (C=O) groups excluding carboxylic acids is 6. The highest BCUT2D eigenvalue weighted by Gasteiger charge is 2.54. The summed E-state index contributed by atoms with van der Waals surface area (Å²) in [6.07, 6.45) is -10.6. The zero-order chi connectivity index (χ0) is 39.0. The summed E-state index contributed by atoms with van der Waals surface area (Å²) in [6, 6.07) is 0. The SMILES string of the molecule is CCC1OC(OC(C)=O)C(OC(C)=O)C(C)C1OC1OC(COC(C)=O)C(OC2OC(COC(C)=O)C(C)C(C)C2OC(C)=O)C(C)C1OC(C)=O. The predicted octanol–water partition coefficient (Wildman–Crippen LogP) is 2.37. The summed E-state index contributed by atoms with van der Waals surface area (Å²) in [5, 5.41) is 0. The van der Waals surface area contributed by atoms with Crippen molar-refractivity contribution in [3.05, 3.63) is 0 Å². The first kappa shape index (κ1) is 43.0. The molecule has 17 heteroatoms. The molecule has 0 aliphatic carbocycles. The second kappa shape index (κ2) is 19.1. The molecular formula is C35H54O17. The van der Waals surface area contributed by atoms with Gasteiger partial charge >= 0.3 is 35.8 Å². The molecule has 0 aromatic carbocycles. The summed E-state index contributed by atoms with van der Waals surface area (Å²) in [5.41, 5.74) is 0. The molecule has 3 aliphatic heterocycles. The lowest BCUT2D eigenvalue weighted by Gasteiger charge is -2.50. The summed E-state index contributed by atoms with van der Waals surface area (Å²) < 4.78 is 64.8. The van der Waals surface area contributed by atoms with E-state index in [4.69, 9.17) is 52.1 Å². The van der Waals surface area contributed by atoms with Gasteiger partial charge in [0.15, 0.2) is 30.9 Å². The summed E-state index contributed by atoms with van der Waals surface area (Å²) in [5.74, 6) is -5.52. The van der Waals surface area contributed by atoms with Crippen molar-refractivity contribution in [3.8, 4) is 0 Å². The van der Waals surface area contributed by atoms with Gasteiger partial charge in [0.1, 0.15) is 19.3 Å². The van der Waals surface area contributed by atoms with Crippen LogP contribution in [0, 0.1) is 23.7 Å². The van der Waals surface area contributed by atoms with Crippen molar-refractivity contribution in [2.75, 3.05) is 13.2 Å². The Kier molecular flexibility index (Phi) is 15.8. The van der Waals surface area contributed by atoms with Crippen LogP contribution in [0.25, 0.3) is 0 Å². The monoisotopic (exact) mass is 746 g/mol. The summed E-state index contributed by atoms with van der Waals surface area (Å²) in [6.45, 7) is 16.0. The van der Waals surface area contributed by atoms with E-state index in [-0.39, 0.29) is 25.0 Å². The molecule has 0 aromatic heterocycles. The first-order valence-corrected chi connectivity index (χ1v) is 17.6. The van der Waals surface area contributed by atoms with Crippen LogP contribution < -0.4 is 0 Å². The van der Waals surface area contributed by atoms with Gasteiger partial charge in [0.05, 0.1) is 24.4 Å². The van der Waals surface area contributed by atoms with Crippen LogP contribution in [0.3, 0.4) is 0 Å². The second-order valence-corrected chi connectivity index (χ2v) is 13.6. The van der Waals surface area contributed by atoms with Crippen LogP contribution in [0.2, 0.25) is 0 Å². The van der Waals surface area contributed by atoms with E-state index in [1.807, 2.05) is 20.8 Å². The molecule has 3 aliphatic rings. The van der Waals surface area contributed by atoms with Gasteiger partial charge in [-0.2, -0.15) is 0 Å². The van der Waals surface area contributed by atoms with E-state index in [0.29, 0.717) is 6.42 Å². The van der Waals surface area contributed by atoms with Crippen molar-refractivity contribution in [1.29, 1.82) is 0 Å². The van der Waals surface area contributed by atoms with E-state index in [0.717, 1.165) is 0 Å². The highest BCUT2D eigenvalue weighted by atomic mass is 16.8. The van der Waals surface area contributed by atoms with Crippen LogP contribution in [0.4, 0.5) is 0 Å². The van der Waals surface area contributed by atoms with Gasteiger partial charge < -0.3 is 52.1 Å². The minimum Gasteiger partial charge on any atom is -0.463 e. The maximum absolute atomic E-state index is 12.5. The Balaban J connectivity index is 2.00. The molecule has 3 rings (SSSR count). The van der Waals surface area contributed by atoms with Crippen molar-refractivity contribution in [2.24, 2.45) is 23.7 Å². The molecular weight excluding hydrogens is 692 g/mol. The van der Waals surface area contributed by atoms with Crippen molar-refractivity contribution in [3.63, 3.8) is 0 Å². The maximum Gasteiger partial charge on any atom is 0.305 e. The third-order valence-electron chi connectivity index (χ3n) is 9.55. The zero-order valence-electron chi connectivity index (χ0n) is 31.7. The molecule has 52 heavy (non-hydrogen) atoms. The fraction of sp³-hybridized carbons (Fsp3) is 0.829. The van der Waals surface area contributed by atoms with Gasteiger partial charge in [-0.05, 0) is 12.3 Å². The fourth-order valence-corrected chi connectivity index (χ4v) is 6.79. The molecule has 0 radical (unpaired) electrons. The lowest BCUT2D eigenvalue weighted by Crippen LogP contribution is -2.63. The minimum atomic E-state index is -1.29. The number of carbonyl (C=O) groups is 6. The average Bonchev–Trinajstić information content (AvgIpc) is 3.03. The van der Waals surface area contributed by atoms with Crippen LogP contribution in [0.1, 0.15) is 82.6 Å². The molecule has 0 saturated carbocycles. The molecule has 0 amide bonds. The number of hydrogen-bond acceptors (Lipinski definition) is 17. The molecule has 3 fully saturated rings. The average molecular weight is 747 g/mol. The van der Waals surface area contributed by atoms with Crippen molar-refractivity contribution < 1.29 is 80.9 Å². The summed E-state index contributed by atoms with van der Waals surface area (Å²) in [4.78, 5) is 72.3. The van der Waals surface area contributed by atoms with E-state index in [1.54, 1.807) is 13.8 Å². The molecule has 15 atom stereocenters. The molecule has 17 nitrogen and oxygen atoms in total. The smallest absolute Gasteiger partial charge is 0.305 e. The van der Waals surface area contributed by atoms with Crippen molar-refractivity contribution in [1.82, 2.24) is 0 Å². The van der Waals surface area contributed by atoms with E-state index < -0.39 is 115 Å². The van der Waals surface area contributed by atoms with E-state index in [2.05, 4.69) is 0 Å². The Morgan fingerprint density at radius 1 is 0.423 bits per heavy atom. The van der Waals surface area contributed by atoms with E-state index >= 15 is 0 Å². The first-order chi connectivity index (χ1) is 24.3. The highest BCUT2D eigenvalue weighted by molar-refractivity contribution is 5.68. The van der Waals surface area contributed by atoms with Crippen LogP contribution in [0.15, 0.2) is 0 Å². The third kappa shape index (κ3) is 11.3. The van der Waals surface area contributed by atoms with E-state index in [9.17, 15) is 28.8 Å². The van der Waals surface area contributed by atoms with Gasteiger partial charge in [0, 0.05) is 59.3 Å². The van der Waals surface area contributed by atoms with Crippen LogP contribution in [0.5, 0.6) is 0 Å². The predicted molar refractivity (Wildman–Crippen MR) is 174 cm³/mol. The highest BCUT2D eigenvalue weighted by Crippen LogP contribution is 2.40. The quantitative estimate of drug-likeness (QED) is 0.196. The van der Waals surface area contributed by atoms with Gasteiger partial charge in [-0.1, -0.05) is 34.6 Å². The summed E-state index contributed by atoms with van der Waals surface area (Å²) >= 11 is 0. The van der Waals surface area contributed by atoms with Crippen LogP contribution >= 0.6 is 0 Å². The van der Waals surface area contributed by atoms with Gasteiger partial charge in [0.2, 0.25) is 6.29 Å². The van der Waals surface area contributed by atoms with E-state index in [1.165, 1.54) is 41.5 Å². The molecule has 296 valence electrons. The van der Waals surface area contributed by atoms with Gasteiger partial charge in [-0.3, -0.25) is 28.8 Å². The largest absolute Gasteiger partial charge is 0.463 e. The van der Waals surface area contributed by atoms with Crippen LogP contribution in [-0.2, 0) is 80.9 Å². The third-order valence-corrected chi connectivity index (χ3v) is 9.55. The lowest BCUT2D eigenvalue weighted by molar-refractivity contribution is -0.364. The zero-order valence-corrected chi connectivity index (χ0v) is 31.7. The maximum atomic E-state index is 12.5. The molecule has 15 unspecified atom stereocenters. The second-order valence-electron chi connectivity index (χ2n) is 13.6. The Labute approximate surface area is 303 Å². The van der Waals surface area contributed by atoms with Crippen LogP contribution in [-0.4, -0.2) is 117 Å². The summed E-state index contributed by atoms with van der Waals surface area (Å²) in [7, 11) is 0. The Morgan fingerprint density at radius 2 is 0.788 bits per heavy atom. The molecule has 0 bridgehead atoms. The number of hydrogen-bond donors (Lipinski definition) is 0. The molecule has 0 N–H and O–H groups in total. The normalized spacial score (nSPS) is 37.6. The first-order valence-electron chi connectivity index (χ1n) is 17.6. The molecule has 0 spiro atoms. The Morgan fingerprint density at radius 3 is 1.21 bits per heavy atom. The van der Waals surface area contributed by atoms with Gasteiger partial charge in [0.25, 0.3) is 0 Å². The fourth-order valence-electron chi connectivity index (χ4n) is 6.79. The Hall–Kier alpha value is -3.38. The van der Waals surface area contributed by atoms with Gasteiger partial charge in [-0.15, -0.1) is 0 Å². The number of esters is 6. The molecule has 3 saturated heterocycles. The van der Waals surface area contributed by atoms with Gasteiger partial charge in [-0.25, -0.2) is 0 Å². The minimum absolute atomic E-state index is 0.0834. The van der Waals surface area contributed by atoms with Crippen molar-refractivity contribution in [2.45, 2.75) is 150 Å². The topological polar surface area (TPSA) is 204 Å². The van der Waals surface area contributed by atoms with Crippen molar-refractivity contribution >= 4 is 35.8 Å². The molecule has 3 heterocycles. The lowest BCUT2D eigenvalue weighted by atomic mass is 9.83. The standard InChI is InChI=1S/C35H54O17/c1-12-25-28(17(4)31(45-22(9)39)33(48-25)47-24(11)41)51-35-32(46-23(10)40)18(5)29(27(50-35)14-43-20(7)37)52-34-30(44-21(8)38)16(3)15(2)26(49-34)13-42-19(6)36/h15-18,25-35H,12-14H2,1-11H3. The number of rotatable bonds is 13. The molecule has 0 aromatic rings. The number of ether oxygens (including phenoxy) is 11. The Bertz CT molecular complexity index is 1270.